The summed E-state index contributed by atoms with van der Waals surface area (Å²) in [5.41, 5.74) is 1.34. The molecule has 0 spiro atoms. The van der Waals surface area contributed by atoms with Crippen molar-refractivity contribution < 1.29 is 14.7 Å². The zero-order valence-electron chi connectivity index (χ0n) is 12.4. The molecule has 2 atom stereocenters. The third-order valence-electron chi connectivity index (χ3n) is 4.22. The zero-order chi connectivity index (χ0) is 15.5. The number of nitrogens with one attached hydrogen (secondary N) is 1. The zero-order valence-corrected chi connectivity index (χ0v) is 12.4. The van der Waals surface area contributed by atoms with Crippen molar-refractivity contribution in [2.24, 2.45) is 5.92 Å². The highest BCUT2D eigenvalue weighted by molar-refractivity contribution is 5.99. The molecule has 1 aromatic rings. The highest BCUT2D eigenvalue weighted by Gasteiger charge is 2.23. The maximum atomic E-state index is 12.3. The molecule has 5 heteroatoms. The Morgan fingerprint density at radius 3 is 2.91 bits per heavy atom. The molecule has 116 valence electrons. The van der Waals surface area contributed by atoms with Gasteiger partial charge in [0.1, 0.15) is 0 Å². The molecule has 3 rings (SSSR count). The molecule has 0 radical (unpaired) electrons. The lowest BCUT2D eigenvalue weighted by Gasteiger charge is -2.17. The first-order chi connectivity index (χ1) is 10.7. The van der Waals surface area contributed by atoms with Crippen LogP contribution in [0.2, 0.25) is 0 Å². The van der Waals surface area contributed by atoms with E-state index in [1.807, 2.05) is 18.2 Å². The van der Waals surface area contributed by atoms with Gasteiger partial charge in [0.15, 0.2) is 0 Å². The Morgan fingerprint density at radius 2 is 2.23 bits per heavy atom. The smallest absolute Gasteiger partial charge is 0.251 e. The number of aliphatic hydroxyl groups is 1. The van der Waals surface area contributed by atoms with Crippen LogP contribution in [0.25, 0.3) is 0 Å². The number of aliphatic hydroxyl groups excluding tert-OH is 1. The Hall–Kier alpha value is -2.14. The number of amides is 2. The van der Waals surface area contributed by atoms with Crippen molar-refractivity contribution in [3.63, 3.8) is 0 Å². The second kappa shape index (κ2) is 6.32. The quantitative estimate of drug-likeness (QED) is 0.828. The number of rotatable bonds is 4. The summed E-state index contributed by atoms with van der Waals surface area (Å²) < 4.78 is 0. The Morgan fingerprint density at radius 1 is 1.36 bits per heavy atom. The lowest BCUT2D eigenvalue weighted by molar-refractivity contribution is -0.117. The van der Waals surface area contributed by atoms with E-state index in [1.54, 1.807) is 23.1 Å². The van der Waals surface area contributed by atoms with E-state index in [9.17, 15) is 9.59 Å². The number of anilines is 1. The summed E-state index contributed by atoms with van der Waals surface area (Å²) in [5.74, 6) is 0.0858. The first-order valence-electron chi connectivity index (χ1n) is 7.68. The summed E-state index contributed by atoms with van der Waals surface area (Å²) in [4.78, 5) is 25.9. The van der Waals surface area contributed by atoms with Crippen LogP contribution in [0.4, 0.5) is 5.69 Å². The van der Waals surface area contributed by atoms with Gasteiger partial charge in [0.25, 0.3) is 5.91 Å². The van der Waals surface area contributed by atoms with Crippen molar-refractivity contribution in [3.8, 4) is 0 Å². The number of carbonyl (C=O) groups is 2. The van der Waals surface area contributed by atoms with Gasteiger partial charge in [-0.25, -0.2) is 0 Å². The molecule has 0 aromatic heterocycles. The van der Waals surface area contributed by atoms with Crippen LogP contribution in [0.15, 0.2) is 36.4 Å². The minimum Gasteiger partial charge on any atom is -0.396 e. The van der Waals surface area contributed by atoms with E-state index in [1.165, 1.54) is 0 Å². The predicted molar refractivity (Wildman–Crippen MR) is 83.6 cm³/mol. The van der Waals surface area contributed by atoms with Gasteiger partial charge < -0.3 is 15.3 Å². The molecule has 5 nitrogen and oxygen atoms in total. The van der Waals surface area contributed by atoms with Crippen molar-refractivity contribution in [1.82, 2.24) is 5.32 Å². The molecule has 1 aliphatic heterocycles. The molecule has 1 aromatic carbocycles. The highest BCUT2D eigenvalue weighted by atomic mass is 16.3. The van der Waals surface area contributed by atoms with Crippen LogP contribution in [0, 0.1) is 5.92 Å². The van der Waals surface area contributed by atoms with E-state index >= 15 is 0 Å². The van der Waals surface area contributed by atoms with Crippen LogP contribution in [0.1, 0.15) is 29.6 Å². The second-order valence-electron chi connectivity index (χ2n) is 5.84. The molecule has 22 heavy (non-hydrogen) atoms. The molecule has 1 saturated heterocycles. The van der Waals surface area contributed by atoms with Crippen LogP contribution in [-0.2, 0) is 4.79 Å². The summed E-state index contributed by atoms with van der Waals surface area (Å²) in [6.45, 7) is 0.822. The molecule has 0 bridgehead atoms. The number of benzene rings is 1. The monoisotopic (exact) mass is 300 g/mol. The van der Waals surface area contributed by atoms with Crippen molar-refractivity contribution in [2.45, 2.75) is 25.3 Å². The van der Waals surface area contributed by atoms with E-state index in [0.717, 1.165) is 18.5 Å². The van der Waals surface area contributed by atoms with Gasteiger partial charge in [-0.15, -0.1) is 0 Å². The van der Waals surface area contributed by atoms with Crippen LogP contribution in [0.3, 0.4) is 0 Å². The predicted octanol–water partition coefficient (Wildman–Crippen LogP) is 1.48. The number of hydrogen-bond acceptors (Lipinski definition) is 3. The molecular weight excluding hydrogens is 280 g/mol. The third-order valence-corrected chi connectivity index (χ3v) is 4.22. The summed E-state index contributed by atoms with van der Waals surface area (Å²) in [5, 5.41) is 12.1. The molecular formula is C17H20N2O3. The van der Waals surface area contributed by atoms with Gasteiger partial charge in [-0.2, -0.15) is 0 Å². The Kier molecular flexibility index (Phi) is 4.24. The van der Waals surface area contributed by atoms with Crippen molar-refractivity contribution >= 4 is 17.5 Å². The van der Waals surface area contributed by atoms with Crippen LogP contribution in [-0.4, -0.2) is 36.1 Å². The number of nitrogens with zero attached hydrogens (tertiary/aromatic N) is 1. The Labute approximate surface area is 129 Å². The van der Waals surface area contributed by atoms with Gasteiger partial charge in [-0.05, 0) is 31.0 Å². The molecule has 0 unspecified atom stereocenters. The van der Waals surface area contributed by atoms with E-state index in [4.69, 9.17) is 5.11 Å². The van der Waals surface area contributed by atoms with Crippen molar-refractivity contribution in [1.29, 1.82) is 0 Å². The number of carbonyl (C=O) groups excluding carboxylic acids is 2. The molecule has 1 aliphatic carbocycles. The fraction of sp³-hybridized carbons (Fsp3) is 0.412. The second-order valence-corrected chi connectivity index (χ2v) is 5.84. The van der Waals surface area contributed by atoms with Gasteiger partial charge in [0.05, 0.1) is 0 Å². The fourth-order valence-corrected chi connectivity index (χ4v) is 3.00. The van der Waals surface area contributed by atoms with Crippen LogP contribution in [0.5, 0.6) is 0 Å². The normalized spacial score (nSPS) is 24.0. The Balaban J connectivity index is 1.68. The standard InChI is InChI=1S/C17H20N2O3/c20-11-12-6-7-14(9-12)18-17(22)13-3-1-4-15(10-13)19-8-2-5-16(19)21/h1,3-4,6-7,10,12,14,20H,2,5,8-9,11H2,(H,18,22)/t12-,14+/m0/s1. The molecule has 0 saturated carbocycles. The molecule has 2 N–H and O–H groups in total. The lowest BCUT2D eigenvalue weighted by atomic mass is 10.1. The topological polar surface area (TPSA) is 69.6 Å². The molecule has 2 aliphatic rings. The summed E-state index contributed by atoms with van der Waals surface area (Å²) in [6.07, 6.45) is 6.03. The number of hydrogen-bond donors (Lipinski definition) is 2. The van der Waals surface area contributed by atoms with E-state index in [2.05, 4.69) is 5.32 Å². The highest BCUT2D eigenvalue weighted by Crippen LogP contribution is 2.23. The first-order valence-corrected chi connectivity index (χ1v) is 7.68. The van der Waals surface area contributed by atoms with Crippen LogP contribution < -0.4 is 10.2 Å². The van der Waals surface area contributed by atoms with Gasteiger partial charge in [0, 0.05) is 42.8 Å². The average molecular weight is 300 g/mol. The van der Waals surface area contributed by atoms with Crippen LogP contribution >= 0.6 is 0 Å². The van der Waals surface area contributed by atoms with Gasteiger partial charge >= 0.3 is 0 Å². The van der Waals surface area contributed by atoms with E-state index in [-0.39, 0.29) is 30.4 Å². The largest absolute Gasteiger partial charge is 0.396 e. The van der Waals surface area contributed by atoms with Gasteiger partial charge in [-0.3, -0.25) is 9.59 Å². The summed E-state index contributed by atoms with van der Waals surface area (Å²) >= 11 is 0. The van der Waals surface area contributed by atoms with Crippen molar-refractivity contribution in [2.75, 3.05) is 18.1 Å². The molecule has 1 heterocycles. The minimum absolute atomic E-state index is 0.0401. The third kappa shape index (κ3) is 3.04. The van der Waals surface area contributed by atoms with Crippen molar-refractivity contribution in [3.05, 3.63) is 42.0 Å². The summed E-state index contributed by atoms with van der Waals surface area (Å²) in [7, 11) is 0. The van der Waals surface area contributed by atoms with E-state index < -0.39 is 0 Å². The summed E-state index contributed by atoms with van der Waals surface area (Å²) in [6, 6.07) is 7.14. The minimum atomic E-state index is -0.151. The average Bonchev–Trinajstić information content (AvgIpc) is 3.16. The van der Waals surface area contributed by atoms with E-state index in [0.29, 0.717) is 18.5 Å². The maximum Gasteiger partial charge on any atom is 0.251 e. The fourth-order valence-electron chi connectivity index (χ4n) is 3.00. The first kappa shape index (κ1) is 14.8. The molecule has 2 amide bonds. The van der Waals surface area contributed by atoms with Gasteiger partial charge in [0.2, 0.25) is 5.91 Å². The SMILES string of the molecule is O=C(N[C@@H]1C=C[C@H](CO)C1)c1cccc(N2CCCC2=O)c1. The van der Waals surface area contributed by atoms with Gasteiger partial charge in [-0.1, -0.05) is 18.2 Å². The Bertz CT molecular complexity index is 612. The maximum absolute atomic E-state index is 12.3. The lowest BCUT2D eigenvalue weighted by Crippen LogP contribution is -2.33. The molecule has 1 fully saturated rings.